The number of methoxy groups -OCH3 is 1. The molecule has 2 aliphatic rings. The van der Waals surface area contributed by atoms with Crippen molar-refractivity contribution >= 4 is 23.0 Å². The number of carbonyl (C=O) groups excluding carboxylic acids is 1. The number of ether oxygens (including phenoxy) is 1. The van der Waals surface area contributed by atoms with Crippen molar-refractivity contribution in [1.82, 2.24) is 34.6 Å². The molecule has 2 saturated heterocycles. The number of imidazole rings is 1. The third-order valence-corrected chi connectivity index (χ3v) is 8.23. The standard InChI is InChI=1S/C28H39F2N9O2/c1-4-37-7-9-38(10-8-37)16-19-14-32-24(13-22(19)31)35-28-33-15-21(30)26(36-28)18-11-20(29)27-23(12-18)39(17(2)34-27)6-5-25(40)41-3/h11-12,15,19,22,24,32H,4-10,13-14,16,31H2,1-3H3,(H,33,35,36). The first-order chi connectivity index (χ1) is 19.7. The summed E-state index contributed by atoms with van der Waals surface area (Å²) < 4.78 is 36.5. The lowest BCUT2D eigenvalue weighted by atomic mass is 9.91. The van der Waals surface area contributed by atoms with Crippen LogP contribution in [0.1, 0.15) is 25.6 Å². The number of halogens is 2. The molecule has 3 unspecified atom stereocenters. The molecule has 0 aliphatic carbocycles. The smallest absolute Gasteiger partial charge is 0.307 e. The molecule has 2 aromatic heterocycles. The van der Waals surface area contributed by atoms with Crippen molar-refractivity contribution < 1.29 is 18.3 Å². The highest BCUT2D eigenvalue weighted by atomic mass is 19.1. The number of esters is 1. The van der Waals surface area contributed by atoms with Gasteiger partial charge in [-0.05, 0) is 37.9 Å². The van der Waals surface area contributed by atoms with Crippen LogP contribution in [-0.4, -0.2) is 100 Å². The summed E-state index contributed by atoms with van der Waals surface area (Å²) in [5.74, 6) is -0.594. The number of hydrogen-bond donors (Lipinski definition) is 3. The van der Waals surface area contributed by atoms with Gasteiger partial charge in [0.25, 0.3) is 0 Å². The van der Waals surface area contributed by atoms with Gasteiger partial charge in [0.15, 0.2) is 11.6 Å². The fourth-order valence-electron chi connectivity index (χ4n) is 5.74. The van der Waals surface area contributed by atoms with E-state index in [2.05, 4.69) is 42.3 Å². The molecule has 4 N–H and O–H groups in total. The van der Waals surface area contributed by atoms with Gasteiger partial charge in [-0.15, -0.1) is 0 Å². The monoisotopic (exact) mass is 571 g/mol. The van der Waals surface area contributed by atoms with E-state index in [0.717, 1.165) is 52.0 Å². The number of nitrogens with two attached hydrogens (primary N) is 1. The van der Waals surface area contributed by atoms with E-state index >= 15 is 4.39 Å². The van der Waals surface area contributed by atoms with Crippen LogP contribution >= 0.6 is 0 Å². The van der Waals surface area contributed by atoms with Gasteiger partial charge in [-0.2, -0.15) is 0 Å². The molecule has 0 saturated carbocycles. The number of anilines is 1. The van der Waals surface area contributed by atoms with Gasteiger partial charge in [0.05, 0.1) is 31.4 Å². The van der Waals surface area contributed by atoms with Crippen LogP contribution in [0.2, 0.25) is 0 Å². The Hall–Kier alpha value is -3.26. The minimum absolute atomic E-state index is 0.0112. The normalized spacial score (nSPS) is 22.2. The second-order valence-corrected chi connectivity index (χ2v) is 10.9. The number of benzene rings is 1. The second kappa shape index (κ2) is 12.7. The van der Waals surface area contributed by atoms with Crippen LogP contribution < -0.4 is 16.4 Å². The van der Waals surface area contributed by atoms with Crippen LogP contribution in [-0.2, 0) is 16.1 Å². The molecule has 4 heterocycles. The molecular formula is C28H39F2N9O2. The summed E-state index contributed by atoms with van der Waals surface area (Å²) in [5.41, 5.74) is 7.37. The minimum atomic E-state index is -0.678. The fourth-order valence-corrected chi connectivity index (χ4v) is 5.74. The predicted octanol–water partition coefficient (Wildman–Crippen LogP) is 1.96. The van der Waals surface area contributed by atoms with Crippen LogP contribution in [0.25, 0.3) is 22.3 Å². The van der Waals surface area contributed by atoms with Crippen molar-refractivity contribution in [3.8, 4) is 11.3 Å². The van der Waals surface area contributed by atoms with Crippen LogP contribution in [0.3, 0.4) is 0 Å². The number of piperazine rings is 1. The van der Waals surface area contributed by atoms with E-state index in [1.807, 2.05) is 0 Å². The molecule has 2 fully saturated rings. The molecule has 3 aromatic rings. The number of rotatable bonds is 9. The van der Waals surface area contributed by atoms with Gasteiger partial charge >= 0.3 is 5.97 Å². The molecular weight excluding hydrogens is 532 g/mol. The highest BCUT2D eigenvalue weighted by Crippen LogP contribution is 2.29. The first-order valence-electron chi connectivity index (χ1n) is 14.2. The number of nitrogens with one attached hydrogen (secondary N) is 2. The van der Waals surface area contributed by atoms with Gasteiger partial charge in [-0.3, -0.25) is 10.1 Å². The summed E-state index contributed by atoms with van der Waals surface area (Å²) in [7, 11) is 1.31. The number of aromatic nitrogens is 4. The van der Waals surface area contributed by atoms with Crippen LogP contribution in [0.5, 0.6) is 0 Å². The van der Waals surface area contributed by atoms with Crippen molar-refractivity contribution in [3.05, 3.63) is 35.8 Å². The van der Waals surface area contributed by atoms with Crippen molar-refractivity contribution in [2.24, 2.45) is 11.7 Å². The van der Waals surface area contributed by atoms with E-state index in [-0.39, 0.29) is 47.9 Å². The van der Waals surface area contributed by atoms with Gasteiger partial charge in [0.1, 0.15) is 17.0 Å². The third-order valence-electron chi connectivity index (χ3n) is 8.23. The minimum Gasteiger partial charge on any atom is -0.469 e. The van der Waals surface area contributed by atoms with E-state index < -0.39 is 17.6 Å². The summed E-state index contributed by atoms with van der Waals surface area (Å²) >= 11 is 0. The molecule has 5 rings (SSSR count). The summed E-state index contributed by atoms with van der Waals surface area (Å²) in [4.78, 5) is 29.4. The Balaban J connectivity index is 1.28. The highest BCUT2D eigenvalue weighted by Gasteiger charge is 2.30. The molecule has 3 atom stereocenters. The van der Waals surface area contributed by atoms with Gasteiger partial charge in [0, 0.05) is 57.4 Å². The average molecular weight is 572 g/mol. The van der Waals surface area contributed by atoms with Gasteiger partial charge in [-0.1, -0.05) is 6.92 Å². The number of hydrogen-bond acceptors (Lipinski definition) is 10. The molecule has 0 radical (unpaired) electrons. The predicted molar refractivity (Wildman–Crippen MR) is 152 cm³/mol. The third kappa shape index (κ3) is 6.64. The molecule has 41 heavy (non-hydrogen) atoms. The second-order valence-electron chi connectivity index (χ2n) is 10.9. The molecule has 0 spiro atoms. The zero-order valence-electron chi connectivity index (χ0n) is 23.9. The Bertz CT molecular complexity index is 1380. The molecule has 0 amide bonds. The molecule has 13 heteroatoms. The molecule has 1 aromatic carbocycles. The summed E-state index contributed by atoms with van der Waals surface area (Å²) in [5, 5.41) is 6.72. The number of nitrogens with zero attached hydrogens (tertiary/aromatic N) is 6. The Labute approximate surface area is 238 Å². The summed E-state index contributed by atoms with van der Waals surface area (Å²) in [6.07, 6.45) is 1.65. The van der Waals surface area contributed by atoms with Crippen LogP contribution in [0.4, 0.5) is 14.7 Å². The average Bonchev–Trinajstić information content (AvgIpc) is 3.29. The topological polar surface area (TPSA) is 126 Å². The first kappa shape index (κ1) is 29.2. The van der Waals surface area contributed by atoms with E-state index in [1.54, 1.807) is 17.6 Å². The maximum absolute atomic E-state index is 15.1. The molecule has 0 bridgehead atoms. The van der Waals surface area contributed by atoms with Crippen molar-refractivity contribution in [3.63, 3.8) is 0 Å². The Morgan fingerprint density at radius 1 is 1.17 bits per heavy atom. The maximum atomic E-state index is 15.1. The zero-order chi connectivity index (χ0) is 29.1. The largest absolute Gasteiger partial charge is 0.469 e. The molecule has 222 valence electrons. The van der Waals surface area contributed by atoms with Gasteiger partial charge in [-0.25, -0.2) is 23.7 Å². The van der Waals surface area contributed by atoms with Crippen LogP contribution in [0.15, 0.2) is 18.3 Å². The summed E-state index contributed by atoms with van der Waals surface area (Å²) in [6.45, 7) is 11.3. The highest BCUT2D eigenvalue weighted by molar-refractivity contribution is 5.83. The number of likely N-dealkylation sites (N-methyl/N-ethyl adjacent to an activating group) is 1. The number of aryl methyl sites for hydroxylation is 2. The van der Waals surface area contributed by atoms with Gasteiger partial charge in [0.2, 0.25) is 5.95 Å². The van der Waals surface area contributed by atoms with Gasteiger partial charge < -0.3 is 30.2 Å². The number of carbonyl (C=O) groups is 1. The Kier molecular flexibility index (Phi) is 9.07. The van der Waals surface area contributed by atoms with E-state index in [0.29, 0.717) is 23.7 Å². The zero-order valence-corrected chi connectivity index (χ0v) is 23.9. The Morgan fingerprint density at radius 2 is 1.93 bits per heavy atom. The lowest BCUT2D eigenvalue weighted by molar-refractivity contribution is -0.140. The quantitative estimate of drug-likeness (QED) is 0.328. The molecule has 11 nitrogen and oxygen atoms in total. The lowest BCUT2D eigenvalue weighted by Crippen LogP contribution is -2.57. The molecule has 2 aliphatic heterocycles. The number of piperidine rings is 1. The SMILES string of the molecule is CCN1CCN(CC2CNC(Nc3ncc(F)c(-c4cc(F)c5nc(C)n(CCC(=O)OC)c5c4)n3)CC2N)CC1. The fraction of sp³-hybridized carbons (Fsp3) is 0.571. The lowest BCUT2D eigenvalue weighted by Gasteiger charge is -2.40. The van der Waals surface area contributed by atoms with E-state index in [4.69, 9.17) is 10.5 Å². The van der Waals surface area contributed by atoms with E-state index in [9.17, 15) is 9.18 Å². The maximum Gasteiger partial charge on any atom is 0.307 e. The number of fused-ring (bicyclic) bond motifs is 1. The van der Waals surface area contributed by atoms with Crippen LogP contribution in [0, 0.1) is 24.5 Å². The summed E-state index contributed by atoms with van der Waals surface area (Å²) in [6, 6.07) is 2.83. The van der Waals surface area contributed by atoms with Crippen molar-refractivity contribution in [2.45, 2.75) is 45.4 Å². The Morgan fingerprint density at radius 3 is 2.63 bits per heavy atom. The first-order valence-corrected chi connectivity index (χ1v) is 14.2. The van der Waals surface area contributed by atoms with E-state index in [1.165, 1.54) is 13.2 Å². The van der Waals surface area contributed by atoms with Crippen molar-refractivity contribution in [2.75, 3.05) is 58.2 Å². The van der Waals surface area contributed by atoms with Crippen molar-refractivity contribution in [1.29, 1.82) is 0 Å².